The summed E-state index contributed by atoms with van der Waals surface area (Å²) in [6.07, 6.45) is 0.735. The van der Waals surface area contributed by atoms with E-state index in [0.717, 1.165) is 22.6 Å². The van der Waals surface area contributed by atoms with E-state index in [1.54, 1.807) is 18.2 Å². The molecule has 0 atom stereocenters. The van der Waals surface area contributed by atoms with Gasteiger partial charge in [-0.05, 0) is 36.8 Å². The molecule has 0 aliphatic carbocycles. The zero-order chi connectivity index (χ0) is 22.0. The van der Waals surface area contributed by atoms with E-state index in [9.17, 15) is 13.2 Å². The molecule has 2 heterocycles. The van der Waals surface area contributed by atoms with Crippen LogP contribution < -0.4 is 5.32 Å². The van der Waals surface area contributed by atoms with Gasteiger partial charge < -0.3 is 14.6 Å². The van der Waals surface area contributed by atoms with Gasteiger partial charge >= 0.3 is 0 Å². The van der Waals surface area contributed by atoms with Gasteiger partial charge in [-0.1, -0.05) is 18.2 Å². The van der Waals surface area contributed by atoms with Crippen LogP contribution >= 0.6 is 0 Å². The second kappa shape index (κ2) is 8.78. The molecular weight excluding hydrogens is 416 g/mol. The van der Waals surface area contributed by atoms with E-state index in [1.165, 1.54) is 4.31 Å². The summed E-state index contributed by atoms with van der Waals surface area (Å²) in [6.45, 7) is 3.46. The number of nitrogens with zero attached hydrogens (tertiary/aromatic N) is 3. The van der Waals surface area contributed by atoms with Crippen LogP contribution in [0.15, 0.2) is 47.4 Å². The molecule has 1 N–H and O–H groups in total. The molecule has 1 aliphatic heterocycles. The van der Waals surface area contributed by atoms with Gasteiger partial charge in [-0.25, -0.2) is 13.4 Å². The van der Waals surface area contributed by atoms with E-state index in [1.807, 2.05) is 42.8 Å². The van der Waals surface area contributed by atoms with Gasteiger partial charge in [0.15, 0.2) is 0 Å². The van der Waals surface area contributed by atoms with Gasteiger partial charge in [0.05, 0.1) is 29.1 Å². The second-order valence-electron chi connectivity index (χ2n) is 7.62. The van der Waals surface area contributed by atoms with Crippen LogP contribution in [0, 0.1) is 6.92 Å². The van der Waals surface area contributed by atoms with Crippen molar-refractivity contribution in [2.45, 2.75) is 24.7 Å². The van der Waals surface area contributed by atoms with Crippen molar-refractivity contribution in [2.75, 3.05) is 31.6 Å². The summed E-state index contributed by atoms with van der Waals surface area (Å²) in [5.41, 5.74) is 3.24. The number of imidazole rings is 1. The third-order valence-corrected chi connectivity index (χ3v) is 7.44. The van der Waals surface area contributed by atoms with Crippen molar-refractivity contribution in [2.24, 2.45) is 7.05 Å². The molecule has 1 fully saturated rings. The normalized spacial score (nSPS) is 15.3. The van der Waals surface area contributed by atoms with Crippen LogP contribution in [0.2, 0.25) is 0 Å². The number of hydrogen-bond acceptors (Lipinski definition) is 5. The van der Waals surface area contributed by atoms with Crippen LogP contribution in [0.5, 0.6) is 0 Å². The first-order valence-corrected chi connectivity index (χ1v) is 11.7. The van der Waals surface area contributed by atoms with Gasteiger partial charge in [0.25, 0.3) is 0 Å². The lowest BCUT2D eigenvalue weighted by Gasteiger charge is -2.26. The molecule has 0 bridgehead atoms. The minimum absolute atomic E-state index is 0.0862. The Kier molecular flexibility index (Phi) is 6.08. The molecule has 31 heavy (non-hydrogen) atoms. The molecule has 9 heteroatoms. The molecule has 2 aromatic carbocycles. The minimum Gasteiger partial charge on any atom is -0.379 e. The Morgan fingerprint density at radius 1 is 1.16 bits per heavy atom. The summed E-state index contributed by atoms with van der Waals surface area (Å²) in [5.74, 6) is 0.646. The van der Waals surface area contributed by atoms with E-state index < -0.39 is 10.0 Å². The Bertz CT molecular complexity index is 1210. The molecule has 1 aromatic heterocycles. The van der Waals surface area contributed by atoms with Crippen LogP contribution in [0.3, 0.4) is 0 Å². The van der Waals surface area contributed by atoms with Crippen molar-refractivity contribution in [3.8, 4) is 0 Å². The van der Waals surface area contributed by atoms with Crippen LogP contribution in [0.1, 0.15) is 17.8 Å². The maximum atomic E-state index is 12.9. The van der Waals surface area contributed by atoms with Gasteiger partial charge in [0, 0.05) is 38.7 Å². The predicted molar refractivity (Wildman–Crippen MR) is 118 cm³/mol. The standard InChI is InChI=1S/C22H26N4O4S/c1-16-5-3-4-6-18(16)24-22(27)10-9-21-23-19-15-17(7-8-20(19)25(21)2)31(28,29)26-11-13-30-14-12-26/h3-8,15H,9-14H2,1-2H3,(H,24,27). The molecule has 0 radical (unpaired) electrons. The highest BCUT2D eigenvalue weighted by atomic mass is 32.2. The number of sulfonamides is 1. The minimum atomic E-state index is -3.58. The number of amides is 1. The molecule has 8 nitrogen and oxygen atoms in total. The summed E-state index contributed by atoms with van der Waals surface area (Å²) < 4.78 is 34.4. The highest BCUT2D eigenvalue weighted by Crippen LogP contribution is 2.23. The smallest absolute Gasteiger partial charge is 0.243 e. The van der Waals surface area contributed by atoms with E-state index in [0.29, 0.717) is 38.2 Å². The van der Waals surface area contributed by atoms with Crippen molar-refractivity contribution in [3.05, 3.63) is 53.9 Å². The molecule has 3 aromatic rings. The van der Waals surface area contributed by atoms with Crippen LogP contribution in [-0.2, 0) is 33.0 Å². The first kappa shape index (κ1) is 21.5. The summed E-state index contributed by atoms with van der Waals surface area (Å²) in [6, 6.07) is 12.6. The Balaban J connectivity index is 1.50. The SMILES string of the molecule is Cc1ccccc1NC(=O)CCc1nc2cc(S(=O)(=O)N3CCOCC3)ccc2n1C. The maximum Gasteiger partial charge on any atom is 0.243 e. The monoisotopic (exact) mass is 442 g/mol. The zero-order valence-electron chi connectivity index (χ0n) is 17.7. The van der Waals surface area contributed by atoms with E-state index >= 15 is 0 Å². The number of hydrogen-bond donors (Lipinski definition) is 1. The van der Waals surface area contributed by atoms with Crippen molar-refractivity contribution < 1.29 is 17.9 Å². The third kappa shape index (κ3) is 4.48. The van der Waals surface area contributed by atoms with Crippen LogP contribution in [0.25, 0.3) is 11.0 Å². The first-order chi connectivity index (χ1) is 14.9. The van der Waals surface area contributed by atoms with Crippen molar-refractivity contribution >= 4 is 32.7 Å². The third-order valence-electron chi connectivity index (χ3n) is 5.55. The topological polar surface area (TPSA) is 93.5 Å². The summed E-state index contributed by atoms with van der Waals surface area (Å²) >= 11 is 0. The molecule has 1 aliphatic rings. The number of benzene rings is 2. The number of aryl methyl sites for hydroxylation is 3. The Hall–Kier alpha value is -2.75. The lowest BCUT2D eigenvalue weighted by Crippen LogP contribution is -2.40. The fraction of sp³-hybridized carbons (Fsp3) is 0.364. The summed E-state index contributed by atoms with van der Waals surface area (Å²) in [4.78, 5) is 17.2. The van der Waals surface area contributed by atoms with Crippen molar-refractivity contribution in [3.63, 3.8) is 0 Å². The van der Waals surface area contributed by atoms with E-state index in [2.05, 4.69) is 10.3 Å². The number of morpholine rings is 1. The number of fused-ring (bicyclic) bond motifs is 1. The van der Waals surface area contributed by atoms with Gasteiger partial charge in [-0.15, -0.1) is 0 Å². The Labute approximate surface area is 181 Å². The molecular formula is C22H26N4O4S. The molecule has 1 saturated heterocycles. The Morgan fingerprint density at radius 2 is 1.90 bits per heavy atom. The summed E-state index contributed by atoms with van der Waals surface area (Å²) in [5, 5.41) is 2.93. The quantitative estimate of drug-likeness (QED) is 0.633. The number of carbonyl (C=O) groups excluding carboxylic acids is 1. The Morgan fingerprint density at radius 3 is 2.65 bits per heavy atom. The van der Waals surface area contributed by atoms with Gasteiger partial charge in [-0.3, -0.25) is 4.79 Å². The lowest BCUT2D eigenvalue weighted by molar-refractivity contribution is -0.116. The first-order valence-electron chi connectivity index (χ1n) is 10.2. The highest BCUT2D eigenvalue weighted by molar-refractivity contribution is 7.89. The van der Waals surface area contributed by atoms with E-state index in [4.69, 9.17) is 4.74 Å². The van der Waals surface area contributed by atoms with Crippen molar-refractivity contribution in [1.82, 2.24) is 13.9 Å². The number of anilines is 1. The lowest BCUT2D eigenvalue weighted by atomic mass is 10.2. The van der Waals surface area contributed by atoms with Crippen LogP contribution in [-0.4, -0.2) is 54.5 Å². The predicted octanol–water partition coefficient (Wildman–Crippen LogP) is 2.47. The molecule has 4 rings (SSSR count). The van der Waals surface area contributed by atoms with Crippen molar-refractivity contribution in [1.29, 1.82) is 0 Å². The molecule has 0 spiro atoms. The molecule has 1 amide bonds. The molecule has 0 unspecified atom stereocenters. The fourth-order valence-corrected chi connectivity index (χ4v) is 5.13. The molecule has 0 saturated carbocycles. The molecule has 164 valence electrons. The average molecular weight is 443 g/mol. The maximum absolute atomic E-state index is 12.9. The average Bonchev–Trinajstić information content (AvgIpc) is 3.09. The number of rotatable bonds is 6. The zero-order valence-corrected chi connectivity index (χ0v) is 18.5. The number of ether oxygens (including phenoxy) is 1. The van der Waals surface area contributed by atoms with Gasteiger partial charge in [0.2, 0.25) is 15.9 Å². The number of aromatic nitrogens is 2. The number of nitrogens with one attached hydrogen (secondary N) is 1. The second-order valence-corrected chi connectivity index (χ2v) is 9.56. The van der Waals surface area contributed by atoms with Gasteiger partial charge in [0.1, 0.15) is 5.82 Å². The largest absolute Gasteiger partial charge is 0.379 e. The van der Waals surface area contributed by atoms with E-state index in [-0.39, 0.29) is 17.2 Å². The number of para-hydroxylation sites is 1. The highest BCUT2D eigenvalue weighted by Gasteiger charge is 2.27. The fourth-order valence-electron chi connectivity index (χ4n) is 3.70. The summed E-state index contributed by atoms with van der Waals surface area (Å²) in [7, 11) is -1.71. The number of carbonyl (C=O) groups is 1. The van der Waals surface area contributed by atoms with Gasteiger partial charge in [-0.2, -0.15) is 4.31 Å². The van der Waals surface area contributed by atoms with Crippen LogP contribution in [0.4, 0.5) is 5.69 Å².